The maximum Gasteiger partial charge on any atom is 0.356 e. The number of carboxylic acids is 1. The minimum absolute atomic E-state index is 0.0186. The first-order valence-corrected chi connectivity index (χ1v) is 9.90. The molecule has 3 aromatic rings. The number of sulfonamides is 1. The van der Waals surface area contributed by atoms with Gasteiger partial charge in [-0.2, -0.15) is 5.10 Å². The molecule has 28 heavy (non-hydrogen) atoms. The third-order valence-corrected chi connectivity index (χ3v) is 4.19. The van der Waals surface area contributed by atoms with Gasteiger partial charge in [0.2, 0.25) is 10.0 Å². The van der Waals surface area contributed by atoms with Gasteiger partial charge in [0, 0.05) is 11.8 Å². The highest BCUT2D eigenvalue weighted by Crippen LogP contribution is 2.19. The van der Waals surface area contributed by atoms with Crippen LogP contribution in [0, 0.1) is 0 Å². The number of nitrogens with one attached hydrogen (secondary N) is 2. The van der Waals surface area contributed by atoms with Crippen LogP contribution in [0.2, 0.25) is 0 Å². The Morgan fingerprint density at radius 2 is 1.68 bits per heavy atom. The lowest BCUT2D eigenvalue weighted by molar-refractivity contribution is 0.0689. The fraction of sp³-hybridized carbons (Fsp3) is 0.0556. The van der Waals surface area contributed by atoms with Crippen molar-refractivity contribution in [2.24, 2.45) is 0 Å². The molecule has 0 bridgehead atoms. The summed E-state index contributed by atoms with van der Waals surface area (Å²) in [5, 5.41) is 15.8. The molecule has 0 spiro atoms. The first kappa shape index (κ1) is 19.1. The van der Waals surface area contributed by atoms with Gasteiger partial charge in [-0.25, -0.2) is 17.9 Å². The Hall–Kier alpha value is -3.66. The maximum absolute atomic E-state index is 12.7. The van der Waals surface area contributed by atoms with Gasteiger partial charge < -0.3 is 10.4 Å². The molecule has 1 aromatic heterocycles. The van der Waals surface area contributed by atoms with E-state index in [0.717, 1.165) is 6.26 Å². The minimum atomic E-state index is -3.47. The van der Waals surface area contributed by atoms with Gasteiger partial charge in [0.1, 0.15) is 5.69 Å². The third kappa shape index (κ3) is 4.54. The average Bonchev–Trinajstić information content (AvgIpc) is 3.07. The average molecular weight is 400 g/mol. The quantitative estimate of drug-likeness (QED) is 0.581. The number of para-hydroxylation sites is 1. The normalized spacial score (nSPS) is 11.0. The van der Waals surface area contributed by atoms with Crippen LogP contribution in [-0.2, 0) is 10.0 Å². The Bertz CT molecular complexity index is 1140. The number of aromatic carboxylic acids is 1. The monoisotopic (exact) mass is 400 g/mol. The second kappa shape index (κ2) is 7.53. The predicted octanol–water partition coefficient (Wildman–Crippen LogP) is 2.19. The molecule has 0 fully saturated rings. The first-order valence-electron chi connectivity index (χ1n) is 8.01. The molecule has 2 aromatic carbocycles. The number of aromatic nitrogens is 2. The smallest absolute Gasteiger partial charge is 0.356 e. The number of anilines is 2. The molecule has 0 aliphatic heterocycles. The summed E-state index contributed by atoms with van der Waals surface area (Å²) in [4.78, 5) is 24.0. The summed E-state index contributed by atoms with van der Waals surface area (Å²) in [7, 11) is -3.47. The van der Waals surface area contributed by atoms with E-state index in [0.29, 0.717) is 11.4 Å². The summed E-state index contributed by atoms with van der Waals surface area (Å²) >= 11 is 0. The molecule has 3 N–H and O–H groups in total. The SMILES string of the molecule is CS(=O)(=O)Nc1cccc(NC(=O)c2cc(C(=O)O)nn2-c2ccccc2)c1. The van der Waals surface area contributed by atoms with Crippen molar-refractivity contribution in [1.82, 2.24) is 9.78 Å². The van der Waals surface area contributed by atoms with E-state index in [9.17, 15) is 23.1 Å². The molecule has 1 amide bonds. The summed E-state index contributed by atoms with van der Waals surface area (Å²) in [5.41, 5.74) is 0.874. The van der Waals surface area contributed by atoms with Crippen molar-refractivity contribution < 1.29 is 23.1 Å². The van der Waals surface area contributed by atoms with Crippen LogP contribution < -0.4 is 10.0 Å². The molecule has 0 aliphatic rings. The molecule has 3 rings (SSSR count). The van der Waals surface area contributed by atoms with E-state index in [1.165, 1.54) is 22.9 Å². The standard InChI is InChI=1S/C18H16N4O5S/c1-28(26,27)21-13-7-5-6-12(10-13)19-17(23)16-11-15(18(24)25)20-22(16)14-8-3-2-4-9-14/h2-11,21H,1H3,(H,19,23)(H,24,25). The Morgan fingerprint density at radius 1 is 1.00 bits per heavy atom. The summed E-state index contributed by atoms with van der Waals surface area (Å²) in [5.74, 6) is -1.86. The van der Waals surface area contributed by atoms with E-state index in [4.69, 9.17) is 0 Å². The summed E-state index contributed by atoms with van der Waals surface area (Å²) in [6, 6.07) is 15.9. The van der Waals surface area contributed by atoms with Crippen LogP contribution in [-0.4, -0.2) is 41.4 Å². The molecule has 10 heteroatoms. The van der Waals surface area contributed by atoms with Gasteiger partial charge >= 0.3 is 5.97 Å². The molecule has 9 nitrogen and oxygen atoms in total. The van der Waals surface area contributed by atoms with Gasteiger partial charge in [-0.15, -0.1) is 0 Å². The highest BCUT2D eigenvalue weighted by molar-refractivity contribution is 7.92. The van der Waals surface area contributed by atoms with E-state index in [1.54, 1.807) is 42.5 Å². The maximum atomic E-state index is 12.7. The second-order valence-corrected chi connectivity index (χ2v) is 7.62. The van der Waals surface area contributed by atoms with Gasteiger partial charge in [-0.3, -0.25) is 9.52 Å². The van der Waals surface area contributed by atoms with E-state index in [-0.39, 0.29) is 17.1 Å². The number of rotatable bonds is 6. The number of hydrogen-bond donors (Lipinski definition) is 3. The molecule has 0 atom stereocenters. The zero-order valence-electron chi connectivity index (χ0n) is 14.7. The zero-order chi connectivity index (χ0) is 20.3. The summed E-state index contributed by atoms with van der Waals surface area (Å²) < 4.78 is 26.3. The molecule has 0 unspecified atom stereocenters. The lowest BCUT2D eigenvalue weighted by Gasteiger charge is -2.10. The fourth-order valence-electron chi connectivity index (χ4n) is 2.48. The minimum Gasteiger partial charge on any atom is -0.476 e. The van der Waals surface area contributed by atoms with Gasteiger partial charge in [-0.05, 0) is 30.3 Å². The van der Waals surface area contributed by atoms with Crippen molar-refractivity contribution in [2.75, 3.05) is 16.3 Å². The summed E-state index contributed by atoms with van der Waals surface area (Å²) in [6.45, 7) is 0. The lowest BCUT2D eigenvalue weighted by Crippen LogP contribution is -2.17. The molecule has 0 aliphatic carbocycles. The van der Waals surface area contributed by atoms with Crippen molar-refractivity contribution in [1.29, 1.82) is 0 Å². The van der Waals surface area contributed by atoms with E-state index in [2.05, 4.69) is 15.1 Å². The number of hydrogen-bond acceptors (Lipinski definition) is 5. The number of carbonyl (C=O) groups excluding carboxylic acids is 1. The van der Waals surface area contributed by atoms with Gasteiger partial charge in [0.25, 0.3) is 5.91 Å². The van der Waals surface area contributed by atoms with Crippen LogP contribution >= 0.6 is 0 Å². The molecular formula is C18H16N4O5S. The molecule has 0 saturated carbocycles. The predicted molar refractivity (Wildman–Crippen MR) is 103 cm³/mol. The molecule has 0 saturated heterocycles. The Morgan fingerprint density at radius 3 is 2.32 bits per heavy atom. The van der Waals surface area contributed by atoms with Gasteiger partial charge in [0.15, 0.2) is 5.69 Å². The number of carboxylic acid groups (broad SMARTS) is 1. The zero-order valence-corrected chi connectivity index (χ0v) is 15.5. The Kier molecular flexibility index (Phi) is 5.14. The number of amides is 1. The molecule has 144 valence electrons. The van der Waals surface area contributed by atoms with E-state index < -0.39 is 21.9 Å². The molecular weight excluding hydrogens is 384 g/mol. The first-order chi connectivity index (χ1) is 13.2. The van der Waals surface area contributed by atoms with Gasteiger partial charge in [-0.1, -0.05) is 24.3 Å². The highest BCUT2D eigenvalue weighted by atomic mass is 32.2. The van der Waals surface area contributed by atoms with Crippen LogP contribution in [0.15, 0.2) is 60.7 Å². The van der Waals surface area contributed by atoms with Crippen LogP contribution in [0.1, 0.15) is 21.0 Å². The van der Waals surface area contributed by atoms with Crippen LogP contribution in [0.4, 0.5) is 11.4 Å². The second-order valence-electron chi connectivity index (χ2n) is 5.88. The Balaban J connectivity index is 1.93. The number of carbonyl (C=O) groups is 2. The topological polar surface area (TPSA) is 130 Å². The van der Waals surface area contributed by atoms with Crippen molar-refractivity contribution >= 4 is 33.3 Å². The van der Waals surface area contributed by atoms with Crippen LogP contribution in [0.25, 0.3) is 5.69 Å². The van der Waals surface area contributed by atoms with Crippen LogP contribution in [0.3, 0.4) is 0 Å². The highest BCUT2D eigenvalue weighted by Gasteiger charge is 2.20. The molecule has 1 heterocycles. The van der Waals surface area contributed by atoms with E-state index in [1.807, 2.05) is 0 Å². The van der Waals surface area contributed by atoms with Crippen LogP contribution in [0.5, 0.6) is 0 Å². The third-order valence-electron chi connectivity index (χ3n) is 3.59. The largest absolute Gasteiger partial charge is 0.476 e. The van der Waals surface area contributed by atoms with Crippen molar-refractivity contribution in [3.05, 3.63) is 72.1 Å². The lowest BCUT2D eigenvalue weighted by atomic mass is 10.2. The number of nitrogens with zero attached hydrogens (tertiary/aromatic N) is 2. The summed E-state index contributed by atoms with van der Waals surface area (Å²) in [6.07, 6.45) is 1.02. The number of benzene rings is 2. The fourth-order valence-corrected chi connectivity index (χ4v) is 3.04. The van der Waals surface area contributed by atoms with Crippen molar-refractivity contribution in [3.8, 4) is 5.69 Å². The molecule has 0 radical (unpaired) electrons. The van der Waals surface area contributed by atoms with E-state index >= 15 is 0 Å². The Labute approximate surface area is 160 Å². The van der Waals surface area contributed by atoms with Crippen molar-refractivity contribution in [2.45, 2.75) is 0 Å². The van der Waals surface area contributed by atoms with Gasteiger partial charge in [0.05, 0.1) is 17.6 Å². The van der Waals surface area contributed by atoms with Crippen molar-refractivity contribution in [3.63, 3.8) is 0 Å².